The highest BCUT2D eigenvalue weighted by Crippen LogP contribution is 2.36. The van der Waals surface area contributed by atoms with Crippen LogP contribution in [0.25, 0.3) is 0 Å². The molecule has 0 saturated carbocycles. The van der Waals surface area contributed by atoms with E-state index in [1.54, 1.807) is 0 Å². The van der Waals surface area contributed by atoms with Crippen molar-refractivity contribution in [2.45, 2.75) is 33.2 Å². The van der Waals surface area contributed by atoms with E-state index >= 15 is 0 Å². The average molecular weight is 467 g/mol. The SMILES string of the molecule is Cc1nc(C)c(Cn2cnc(C(C)(F)F)c(Oc3c(F)c(F)cc(C#N)c3F)c2=O)c(=O)[nH]1. The van der Waals surface area contributed by atoms with E-state index in [0.717, 1.165) is 0 Å². The maximum atomic E-state index is 14.4. The second-order valence-electron chi connectivity index (χ2n) is 7.04. The molecule has 0 aliphatic heterocycles. The first-order valence-electron chi connectivity index (χ1n) is 9.14. The number of halogens is 5. The number of hydrogen-bond donors (Lipinski definition) is 1. The molecule has 8 nitrogen and oxygen atoms in total. The van der Waals surface area contributed by atoms with Gasteiger partial charge in [-0.3, -0.25) is 14.2 Å². The smallest absolute Gasteiger partial charge is 0.297 e. The van der Waals surface area contributed by atoms with Gasteiger partial charge >= 0.3 is 0 Å². The highest BCUT2D eigenvalue weighted by Gasteiger charge is 2.35. The molecule has 13 heteroatoms. The van der Waals surface area contributed by atoms with Gasteiger partial charge < -0.3 is 9.72 Å². The summed E-state index contributed by atoms with van der Waals surface area (Å²) in [6, 6.07) is 1.50. The molecule has 0 fully saturated rings. The second kappa shape index (κ2) is 8.45. The minimum absolute atomic E-state index is 0.0126. The van der Waals surface area contributed by atoms with Crippen molar-refractivity contribution in [2.24, 2.45) is 0 Å². The van der Waals surface area contributed by atoms with Crippen molar-refractivity contribution in [3.8, 4) is 17.6 Å². The van der Waals surface area contributed by atoms with E-state index in [1.165, 1.54) is 19.9 Å². The zero-order chi connectivity index (χ0) is 24.7. The Morgan fingerprint density at radius 2 is 1.85 bits per heavy atom. The van der Waals surface area contributed by atoms with Crippen LogP contribution in [0.5, 0.6) is 11.5 Å². The highest BCUT2D eigenvalue weighted by atomic mass is 19.3. The van der Waals surface area contributed by atoms with Crippen LogP contribution in [0.15, 0.2) is 22.0 Å². The van der Waals surface area contributed by atoms with Crippen LogP contribution in [0.4, 0.5) is 22.0 Å². The van der Waals surface area contributed by atoms with Crippen molar-refractivity contribution in [2.75, 3.05) is 0 Å². The van der Waals surface area contributed by atoms with Gasteiger partial charge in [-0.15, -0.1) is 0 Å². The number of aromatic nitrogens is 4. The van der Waals surface area contributed by atoms with Crippen molar-refractivity contribution < 1.29 is 26.7 Å². The molecule has 33 heavy (non-hydrogen) atoms. The van der Waals surface area contributed by atoms with Gasteiger partial charge in [-0.05, 0) is 19.9 Å². The van der Waals surface area contributed by atoms with Gasteiger partial charge in [-0.2, -0.15) is 18.4 Å². The summed E-state index contributed by atoms with van der Waals surface area (Å²) in [5, 5.41) is 8.87. The molecular formula is C20H14F5N5O3. The molecule has 0 spiro atoms. The average Bonchev–Trinajstić information content (AvgIpc) is 2.71. The van der Waals surface area contributed by atoms with Gasteiger partial charge in [0.15, 0.2) is 17.3 Å². The van der Waals surface area contributed by atoms with Crippen molar-refractivity contribution in [1.29, 1.82) is 5.26 Å². The minimum Gasteiger partial charge on any atom is -0.443 e. The molecule has 0 aliphatic rings. The molecular weight excluding hydrogens is 453 g/mol. The molecule has 2 aromatic heterocycles. The Bertz CT molecular complexity index is 1420. The predicted molar refractivity (Wildman–Crippen MR) is 103 cm³/mol. The lowest BCUT2D eigenvalue weighted by Gasteiger charge is -2.17. The number of ether oxygens (including phenoxy) is 1. The van der Waals surface area contributed by atoms with E-state index in [9.17, 15) is 31.5 Å². The summed E-state index contributed by atoms with van der Waals surface area (Å²) in [5.41, 5.74) is -4.01. The van der Waals surface area contributed by atoms with Gasteiger partial charge in [0.2, 0.25) is 17.3 Å². The minimum atomic E-state index is -3.81. The lowest BCUT2D eigenvalue weighted by molar-refractivity contribution is 0.00995. The zero-order valence-electron chi connectivity index (χ0n) is 17.3. The number of nitrogens with one attached hydrogen (secondary N) is 1. The molecule has 2 heterocycles. The van der Waals surface area contributed by atoms with Crippen molar-refractivity contribution >= 4 is 0 Å². The quantitative estimate of drug-likeness (QED) is 0.456. The normalized spacial score (nSPS) is 11.4. The largest absolute Gasteiger partial charge is 0.443 e. The fraction of sp³-hybridized carbons (Fsp3) is 0.250. The van der Waals surface area contributed by atoms with Crippen LogP contribution < -0.4 is 15.9 Å². The highest BCUT2D eigenvalue weighted by molar-refractivity contribution is 5.43. The number of hydrogen-bond acceptors (Lipinski definition) is 6. The third-order valence-corrected chi connectivity index (χ3v) is 4.52. The molecule has 0 bridgehead atoms. The molecule has 0 amide bonds. The van der Waals surface area contributed by atoms with E-state index in [-0.39, 0.29) is 17.3 Å². The Balaban J connectivity index is 2.22. The van der Waals surface area contributed by atoms with Crippen LogP contribution in [-0.4, -0.2) is 19.5 Å². The van der Waals surface area contributed by atoms with Gasteiger partial charge in [0.05, 0.1) is 24.0 Å². The summed E-state index contributed by atoms with van der Waals surface area (Å²) in [4.78, 5) is 35.1. The third kappa shape index (κ3) is 4.45. The van der Waals surface area contributed by atoms with Crippen molar-refractivity contribution in [1.82, 2.24) is 19.5 Å². The van der Waals surface area contributed by atoms with Crippen molar-refractivity contribution in [3.63, 3.8) is 0 Å². The maximum absolute atomic E-state index is 14.4. The van der Waals surface area contributed by atoms with Crippen LogP contribution in [-0.2, 0) is 12.5 Å². The topological polar surface area (TPSA) is 114 Å². The van der Waals surface area contributed by atoms with E-state index < -0.39 is 63.8 Å². The Labute approximate surface area is 181 Å². The first-order valence-corrected chi connectivity index (χ1v) is 9.14. The number of nitriles is 1. The van der Waals surface area contributed by atoms with Crippen molar-refractivity contribution in [3.05, 3.63) is 78.9 Å². The molecule has 172 valence electrons. The fourth-order valence-electron chi connectivity index (χ4n) is 2.95. The zero-order valence-corrected chi connectivity index (χ0v) is 17.3. The van der Waals surface area contributed by atoms with E-state index in [4.69, 9.17) is 10.00 Å². The Morgan fingerprint density at radius 1 is 1.18 bits per heavy atom. The molecule has 0 aliphatic carbocycles. The van der Waals surface area contributed by atoms with E-state index in [1.807, 2.05) is 0 Å². The first-order chi connectivity index (χ1) is 15.3. The van der Waals surface area contributed by atoms with Gasteiger partial charge in [0, 0.05) is 12.6 Å². The molecule has 0 saturated heterocycles. The predicted octanol–water partition coefficient (Wildman–Crippen LogP) is 3.18. The van der Waals surface area contributed by atoms with Gasteiger partial charge in [-0.25, -0.2) is 18.7 Å². The molecule has 1 aromatic carbocycles. The number of H-pyrrole nitrogens is 1. The number of alkyl halides is 2. The van der Waals surface area contributed by atoms with E-state index in [0.29, 0.717) is 23.6 Å². The number of nitrogens with zero attached hydrogens (tertiary/aromatic N) is 4. The summed E-state index contributed by atoms with van der Waals surface area (Å²) in [6.07, 6.45) is 0.694. The summed E-state index contributed by atoms with van der Waals surface area (Å²) in [5.74, 6) is -11.8. The Morgan fingerprint density at radius 3 is 2.42 bits per heavy atom. The lowest BCUT2D eigenvalue weighted by Crippen LogP contribution is -2.30. The monoisotopic (exact) mass is 467 g/mol. The lowest BCUT2D eigenvalue weighted by atomic mass is 10.2. The fourth-order valence-corrected chi connectivity index (χ4v) is 2.95. The van der Waals surface area contributed by atoms with Crippen LogP contribution in [0, 0.1) is 42.6 Å². The van der Waals surface area contributed by atoms with Gasteiger partial charge in [0.1, 0.15) is 11.9 Å². The number of benzene rings is 1. The number of aryl methyl sites for hydroxylation is 2. The van der Waals surface area contributed by atoms with Gasteiger partial charge in [-0.1, -0.05) is 0 Å². The van der Waals surface area contributed by atoms with Crippen LogP contribution in [0.1, 0.15) is 35.3 Å². The summed E-state index contributed by atoms with van der Waals surface area (Å²) < 4.78 is 76.0. The number of aromatic amines is 1. The Kier molecular flexibility index (Phi) is 6.04. The maximum Gasteiger partial charge on any atom is 0.297 e. The van der Waals surface area contributed by atoms with Gasteiger partial charge in [0.25, 0.3) is 17.0 Å². The molecule has 3 rings (SSSR count). The number of rotatable bonds is 5. The van der Waals surface area contributed by atoms with Crippen LogP contribution >= 0.6 is 0 Å². The summed E-state index contributed by atoms with van der Waals surface area (Å²) in [7, 11) is 0. The first kappa shape index (κ1) is 23.6. The molecule has 3 aromatic rings. The third-order valence-electron chi connectivity index (χ3n) is 4.52. The summed E-state index contributed by atoms with van der Waals surface area (Å²) >= 11 is 0. The molecule has 1 N–H and O–H groups in total. The second-order valence-corrected chi connectivity index (χ2v) is 7.04. The van der Waals surface area contributed by atoms with Crippen LogP contribution in [0.2, 0.25) is 0 Å². The molecule has 0 radical (unpaired) electrons. The molecule has 0 atom stereocenters. The van der Waals surface area contributed by atoms with Crippen LogP contribution in [0.3, 0.4) is 0 Å². The Hall–Kier alpha value is -4.08. The summed E-state index contributed by atoms with van der Waals surface area (Å²) in [6.45, 7) is 2.85. The standard InChI is InChI=1S/C20H14F5N5O3/c1-8-11(18(31)29-9(2)28-8)6-30-7-27-17(20(3,24)25)16(19(30)32)33-15-13(22)10(5-26)4-12(21)14(15)23/h4,7H,6H2,1-3H3,(H,28,29,31). The van der Waals surface area contributed by atoms with E-state index in [2.05, 4.69) is 15.0 Å². The molecule has 0 unspecified atom stereocenters.